The highest BCUT2D eigenvalue weighted by atomic mass is 79.9. The predicted molar refractivity (Wildman–Crippen MR) is 111 cm³/mol. The minimum Gasteiger partial charge on any atom is -0.457 e. The van der Waals surface area contributed by atoms with Gasteiger partial charge in [0, 0.05) is 15.7 Å². The maximum atomic E-state index is 12.4. The summed E-state index contributed by atoms with van der Waals surface area (Å²) in [6.45, 7) is 0. The lowest BCUT2D eigenvalue weighted by atomic mass is 10.2. The van der Waals surface area contributed by atoms with E-state index in [-0.39, 0.29) is 10.5 Å². The standard InChI is InChI=1S/C20H17BrN2O4S/c1-22-28(25,26)19-4-2-3-14(13-19)20(24)23-16-7-11-18(12-8-16)27-17-9-5-15(21)6-10-17/h2-13,22H,1H3,(H,23,24). The Morgan fingerprint density at radius 2 is 1.54 bits per heavy atom. The Kier molecular flexibility index (Phi) is 6.13. The number of anilines is 1. The van der Waals surface area contributed by atoms with Gasteiger partial charge in [-0.25, -0.2) is 13.1 Å². The third-order valence-electron chi connectivity index (χ3n) is 3.84. The molecule has 0 fully saturated rings. The number of ether oxygens (including phenoxy) is 1. The van der Waals surface area contributed by atoms with E-state index in [2.05, 4.69) is 26.0 Å². The molecule has 0 spiro atoms. The minimum absolute atomic E-state index is 0.0286. The number of halogens is 1. The third kappa shape index (κ3) is 4.98. The van der Waals surface area contributed by atoms with Crippen molar-refractivity contribution in [3.05, 3.63) is 82.8 Å². The van der Waals surface area contributed by atoms with Crippen LogP contribution in [0, 0.1) is 0 Å². The fraction of sp³-hybridized carbons (Fsp3) is 0.0500. The third-order valence-corrected chi connectivity index (χ3v) is 5.78. The Morgan fingerprint density at radius 1 is 0.929 bits per heavy atom. The molecule has 3 aromatic rings. The normalized spacial score (nSPS) is 11.1. The molecule has 8 heteroatoms. The smallest absolute Gasteiger partial charge is 0.255 e. The van der Waals surface area contributed by atoms with Crippen molar-refractivity contribution < 1.29 is 17.9 Å². The molecule has 0 aliphatic rings. The van der Waals surface area contributed by atoms with Crippen LogP contribution in [0.3, 0.4) is 0 Å². The van der Waals surface area contributed by atoms with E-state index in [1.54, 1.807) is 30.3 Å². The maximum absolute atomic E-state index is 12.4. The van der Waals surface area contributed by atoms with Crippen molar-refractivity contribution in [2.24, 2.45) is 0 Å². The molecule has 0 saturated carbocycles. The summed E-state index contributed by atoms with van der Waals surface area (Å²) >= 11 is 3.37. The number of benzene rings is 3. The zero-order valence-corrected chi connectivity index (χ0v) is 17.2. The first-order chi connectivity index (χ1) is 13.4. The highest BCUT2D eigenvalue weighted by molar-refractivity contribution is 9.10. The van der Waals surface area contributed by atoms with Crippen LogP contribution in [0.2, 0.25) is 0 Å². The van der Waals surface area contributed by atoms with E-state index in [0.29, 0.717) is 17.2 Å². The van der Waals surface area contributed by atoms with Crippen molar-refractivity contribution in [1.82, 2.24) is 4.72 Å². The van der Waals surface area contributed by atoms with Gasteiger partial charge in [-0.2, -0.15) is 0 Å². The molecule has 3 aromatic carbocycles. The summed E-state index contributed by atoms with van der Waals surface area (Å²) in [5.74, 6) is 0.916. The molecule has 0 aliphatic carbocycles. The Bertz CT molecular complexity index is 1080. The van der Waals surface area contributed by atoms with E-state index in [4.69, 9.17) is 4.74 Å². The van der Waals surface area contributed by atoms with Gasteiger partial charge >= 0.3 is 0 Å². The predicted octanol–water partition coefficient (Wildman–Crippen LogP) is 4.40. The van der Waals surface area contributed by atoms with Crippen molar-refractivity contribution in [2.75, 3.05) is 12.4 Å². The molecule has 0 bridgehead atoms. The first kappa shape index (κ1) is 20.1. The molecule has 6 nitrogen and oxygen atoms in total. The molecule has 0 radical (unpaired) electrons. The van der Waals surface area contributed by atoms with Crippen molar-refractivity contribution >= 4 is 37.5 Å². The maximum Gasteiger partial charge on any atom is 0.255 e. The van der Waals surface area contributed by atoms with Crippen LogP contribution in [0.25, 0.3) is 0 Å². The van der Waals surface area contributed by atoms with Gasteiger partial charge in [0.25, 0.3) is 5.91 Å². The molecule has 2 N–H and O–H groups in total. The van der Waals surface area contributed by atoms with E-state index < -0.39 is 15.9 Å². The number of carbonyl (C=O) groups excluding carboxylic acids is 1. The van der Waals surface area contributed by atoms with Gasteiger partial charge in [0.15, 0.2) is 0 Å². The molecule has 1 amide bonds. The van der Waals surface area contributed by atoms with Gasteiger partial charge in [0.2, 0.25) is 10.0 Å². The second-order valence-corrected chi connectivity index (χ2v) is 8.57. The summed E-state index contributed by atoms with van der Waals surface area (Å²) in [6.07, 6.45) is 0. The fourth-order valence-electron chi connectivity index (χ4n) is 2.37. The van der Waals surface area contributed by atoms with E-state index in [1.165, 1.54) is 25.2 Å². The molecule has 0 atom stereocenters. The molecule has 144 valence electrons. The van der Waals surface area contributed by atoms with Gasteiger partial charge in [0.05, 0.1) is 4.90 Å². The van der Waals surface area contributed by atoms with Crippen molar-refractivity contribution in [3.8, 4) is 11.5 Å². The van der Waals surface area contributed by atoms with Crippen LogP contribution < -0.4 is 14.8 Å². The molecule has 0 aliphatic heterocycles. The zero-order valence-electron chi connectivity index (χ0n) is 14.8. The highest BCUT2D eigenvalue weighted by Crippen LogP contribution is 2.24. The summed E-state index contributed by atoms with van der Waals surface area (Å²) in [5, 5.41) is 2.74. The van der Waals surface area contributed by atoms with E-state index in [9.17, 15) is 13.2 Å². The number of rotatable bonds is 6. The van der Waals surface area contributed by atoms with Gasteiger partial charge in [-0.15, -0.1) is 0 Å². The highest BCUT2D eigenvalue weighted by Gasteiger charge is 2.14. The van der Waals surface area contributed by atoms with Crippen molar-refractivity contribution in [3.63, 3.8) is 0 Å². The number of nitrogens with one attached hydrogen (secondary N) is 2. The lowest BCUT2D eigenvalue weighted by Gasteiger charge is -2.09. The van der Waals surface area contributed by atoms with Gasteiger partial charge in [0.1, 0.15) is 11.5 Å². The topological polar surface area (TPSA) is 84.5 Å². The molecular formula is C20H17BrN2O4S. The molecule has 0 heterocycles. The molecule has 28 heavy (non-hydrogen) atoms. The Balaban J connectivity index is 1.69. The number of carbonyl (C=O) groups is 1. The summed E-state index contributed by atoms with van der Waals surface area (Å²) in [5.41, 5.74) is 0.807. The first-order valence-corrected chi connectivity index (χ1v) is 10.5. The van der Waals surface area contributed by atoms with Crippen LogP contribution in [0.1, 0.15) is 10.4 Å². The van der Waals surface area contributed by atoms with Crippen LogP contribution >= 0.6 is 15.9 Å². The quantitative estimate of drug-likeness (QED) is 0.570. The number of hydrogen-bond acceptors (Lipinski definition) is 4. The average Bonchev–Trinajstić information content (AvgIpc) is 2.71. The minimum atomic E-state index is -3.61. The van der Waals surface area contributed by atoms with Crippen LogP contribution in [-0.4, -0.2) is 21.4 Å². The Hall–Kier alpha value is -2.68. The first-order valence-electron chi connectivity index (χ1n) is 8.26. The van der Waals surface area contributed by atoms with Crippen molar-refractivity contribution in [2.45, 2.75) is 4.90 Å². The number of hydrogen-bond donors (Lipinski definition) is 2. The molecule has 0 unspecified atom stereocenters. The summed E-state index contributed by atoms with van der Waals surface area (Å²) < 4.78 is 32.7. The second-order valence-electron chi connectivity index (χ2n) is 5.77. The Morgan fingerprint density at radius 3 is 2.14 bits per heavy atom. The van der Waals surface area contributed by atoms with Gasteiger partial charge in [-0.1, -0.05) is 22.0 Å². The second kappa shape index (κ2) is 8.55. The average molecular weight is 461 g/mol. The monoisotopic (exact) mass is 460 g/mol. The number of sulfonamides is 1. The number of amides is 1. The summed E-state index contributed by atoms with van der Waals surface area (Å²) in [4.78, 5) is 12.5. The zero-order chi connectivity index (χ0) is 20.1. The van der Waals surface area contributed by atoms with Crippen LogP contribution in [0.5, 0.6) is 11.5 Å². The molecule has 0 aromatic heterocycles. The van der Waals surface area contributed by atoms with Crippen LogP contribution in [0.4, 0.5) is 5.69 Å². The van der Waals surface area contributed by atoms with E-state index in [0.717, 1.165) is 4.47 Å². The largest absolute Gasteiger partial charge is 0.457 e. The van der Waals surface area contributed by atoms with Gasteiger partial charge < -0.3 is 10.1 Å². The lowest BCUT2D eigenvalue weighted by molar-refractivity contribution is 0.102. The SMILES string of the molecule is CNS(=O)(=O)c1cccc(C(=O)Nc2ccc(Oc3ccc(Br)cc3)cc2)c1. The lowest BCUT2D eigenvalue weighted by Crippen LogP contribution is -2.19. The molecule has 3 rings (SSSR count). The van der Waals surface area contributed by atoms with E-state index in [1.807, 2.05) is 24.3 Å². The van der Waals surface area contributed by atoms with Crippen LogP contribution in [0.15, 0.2) is 82.2 Å². The van der Waals surface area contributed by atoms with E-state index >= 15 is 0 Å². The Labute approximate surface area is 171 Å². The summed E-state index contributed by atoms with van der Waals surface area (Å²) in [6, 6.07) is 20.2. The fourth-order valence-corrected chi connectivity index (χ4v) is 3.41. The molecule has 0 saturated heterocycles. The van der Waals surface area contributed by atoms with Crippen LogP contribution in [-0.2, 0) is 10.0 Å². The van der Waals surface area contributed by atoms with Gasteiger partial charge in [-0.05, 0) is 73.8 Å². The molecular weight excluding hydrogens is 444 g/mol. The van der Waals surface area contributed by atoms with Crippen molar-refractivity contribution in [1.29, 1.82) is 0 Å². The van der Waals surface area contributed by atoms with Gasteiger partial charge in [-0.3, -0.25) is 4.79 Å². The summed E-state index contributed by atoms with van der Waals surface area (Å²) in [7, 11) is -2.30.